The molecular weight excluding hydrogens is 294 g/mol. The van der Waals surface area contributed by atoms with Crippen LogP contribution in [-0.2, 0) is 15.7 Å². The van der Waals surface area contributed by atoms with E-state index in [4.69, 9.17) is 5.11 Å². The molecule has 2 atom stereocenters. The van der Waals surface area contributed by atoms with Crippen LogP contribution in [0.25, 0.3) is 0 Å². The first-order valence-corrected chi connectivity index (χ1v) is 7.89. The van der Waals surface area contributed by atoms with Crippen molar-refractivity contribution in [2.75, 3.05) is 0 Å². The molecule has 0 aliphatic carbocycles. The average molecular weight is 323 g/mol. The smallest absolute Gasteiger partial charge is 0.308 e. The molecule has 1 heterocycles. The second-order valence-corrected chi connectivity index (χ2v) is 8.15. The molecule has 1 aromatic heterocycles. The predicted octanol–water partition coefficient (Wildman–Crippen LogP) is 2.77. The second kappa shape index (κ2) is 6.34. The van der Waals surface area contributed by atoms with Crippen LogP contribution in [0.2, 0.25) is 0 Å². The molecule has 0 aromatic carbocycles. The molecule has 0 aliphatic rings. The fourth-order valence-electron chi connectivity index (χ4n) is 2.06. The first-order chi connectivity index (χ1) is 10.2. The average Bonchev–Trinajstić information content (AvgIpc) is 2.82. The lowest BCUT2D eigenvalue weighted by Crippen LogP contribution is -2.40. The molecule has 1 amide bonds. The monoisotopic (exact) mass is 323 g/mol. The number of aliphatic carboxylic acids is 1. The number of carboxylic acid groups (broad SMARTS) is 1. The van der Waals surface area contributed by atoms with Gasteiger partial charge in [0.15, 0.2) is 0 Å². The van der Waals surface area contributed by atoms with Crippen LogP contribution >= 0.6 is 0 Å². The number of aromatic nitrogens is 2. The molecule has 0 spiro atoms. The van der Waals surface area contributed by atoms with Crippen molar-refractivity contribution in [3.05, 3.63) is 17.5 Å². The summed E-state index contributed by atoms with van der Waals surface area (Å²) in [5.74, 6) is -1.88. The number of carboxylic acids is 1. The molecule has 130 valence electrons. The topological polar surface area (TPSA) is 84.2 Å². The quantitative estimate of drug-likeness (QED) is 0.892. The summed E-state index contributed by atoms with van der Waals surface area (Å²) >= 11 is 0. The van der Waals surface area contributed by atoms with Crippen molar-refractivity contribution >= 4 is 11.9 Å². The van der Waals surface area contributed by atoms with Gasteiger partial charge < -0.3 is 10.4 Å². The highest BCUT2D eigenvalue weighted by molar-refractivity contribution is 5.96. The van der Waals surface area contributed by atoms with Gasteiger partial charge in [-0.25, -0.2) is 0 Å². The highest BCUT2D eigenvalue weighted by Gasteiger charge is 2.30. The zero-order valence-corrected chi connectivity index (χ0v) is 15.4. The van der Waals surface area contributed by atoms with Gasteiger partial charge in [-0.3, -0.25) is 14.3 Å². The van der Waals surface area contributed by atoms with Crippen molar-refractivity contribution in [2.45, 2.75) is 72.4 Å². The van der Waals surface area contributed by atoms with Gasteiger partial charge in [0.2, 0.25) is 0 Å². The molecule has 0 bridgehead atoms. The van der Waals surface area contributed by atoms with Gasteiger partial charge in [0.05, 0.1) is 22.7 Å². The first-order valence-electron chi connectivity index (χ1n) is 7.89. The van der Waals surface area contributed by atoms with E-state index in [1.54, 1.807) is 24.7 Å². The third-order valence-electron chi connectivity index (χ3n) is 3.85. The molecule has 0 fully saturated rings. The van der Waals surface area contributed by atoms with Gasteiger partial charge in [0, 0.05) is 17.7 Å². The minimum atomic E-state index is -0.931. The van der Waals surface area contributed by atoms with E-state index in [0.717, 1.165) is 0 Å². The molecular formula is C17H29N3O3. The molecule has 2 N–H and O–H groups in total. The molecule has 1 aromatic rings. The van der Waals surface area contributed by atoms with Crippen molar-refractivity contribution in [3.63, 3.8) is 0 Å². The lowest BCUT2D eigenvalue weighted by atomic mass is 9.89. The minimum absolute atomic E-state index is 0.238. The summed E-state index contributed by atoms with van der Waals surface area (Å²) in [4.78, 5) is 23.7. The van der Waals surface area contributed by atoms with Crippen molar-refractivity contribution in [2.24, 2.45) is 5.92 Å². The van der Waals surface area contributed by atoms with Crippen LogP contribution in [-0.4, -0.2) is 32.8 Å². The number of hydrogen-bond donors (Lipinski definition) is 2. The van der Waals surface area contributed by atoms with Crippen LogP contribution in [0.4, 0.5) is 0 Å². The Morgan fingerprint density at radius 3 is 2.09 bits per heavy atom. The summed E-state index contributed by atoms with van der Waals surface area (Å²) in [5, 5.41) is 16.4. The highest BCUT2D eigenvalue weighted by Crippen LogP contribution is 2.27. The molecule has 6 heteroatoms. The van der Waals surface area contributed by atoms with Gasteiger partial charge in [-0.1, -0.05) is 20.8 Å². The summed E-state index contributed by atoms with van der Waals surface area (Å²) < 4.78 is 1.79. The minimum Gasteiger partial charge on any atom is -0.481 e. The number of carbonyl (C=O) groups is 2. The number of rotatable bonds is 4. The van der Waals surface area contributed by atoms with Gasteiger partial charge in [0.25, 0.3) is 5.91 Å². The Kier molecular flexibility index (Phi) is 5.29. The summed E-state index contributed by atoms with van der Waals surface area (Å²) in [5.41, 5.74) is 0.681. The standard InChI is InChI=1S/C17H29N3O3/c1-10(15(22)23)11(2)18-14(21)12-9-20(17(6,7)8)19-13(12)16(3,4)5/h9-11H,1-8H3,(H,18,21)(H,22,23). The van der Waals surface area contributed by atoms with E-state index in [2.05, 4.69) is 10.4 Å². The third-order valence-corrected chi connectivity index (χ3v) is 3.85. The summed E-state index contributed by atoms with van der Waals surface area (Å²) in [6, 6.07) is -0.467. The van der Waals surface area contributed by atoms with Crippen LogP contribution in [0, 0.1) is 5.92 Å². The number of carbonyl (C=O) groups excluding carboxylic acids is 1. The van der Waals surface area contributed by atoms with E-state index < -0.39 is 17.9 Å². The van der Waals surface area contributed by atoms with E-state index in [9.17, 15) is 9.59 Å². The molecule has 0 aliphatic heterocycles. The van der Waals surface area contributed by atoms with Gasteiger partial charge in [-0.15, -0.1) is 0 Å². The van der Waals surface area contributed by atoms with Crippen LogP contribution in [0.15, 0.2) is 6.20 Å². The predicted molar refractivity (Wildman–Crippen MR) is 89.7 cm³/mol. The van der Waals surface area contributed by atoms with Gasteiger partial charge in [-0.05, 0) is 34.6 Å². The Morgan fingerprint density at radius 1 is 1.17 bits per heavy atom. The van der Waals surface area contributed by atoms with E-state index in [1.165, 1.54) is 0 Å². The van der Waals surface area contributed by atoms with Crippen LogP contribution in [0.5, 0.6) is 0 Å². The molecule has 6 nitrogen and oxygen atoms in total. The van der Waals surface area contributed by atoms with Crippen LogP contribution in [0.1, 0.15) is 71.4 Å². The Morgan fingerprint density at radius 2 is 1.70 bits per heavy atom. The highest BCUT2D eigenvalue weighted by atomic mass is 16.4. The Bertz CT molecular complexity index is 591. The lowest BCUT2D eigenvalue weighted by Gasteiger charge is -2.21. The Hall–Kier alpha value is -1.85. The fourth-order valence-corrected chi connectivity index (χ4v) is 2.06. The summed E-state index contributed by atoms with van der Waals surface area (Å²) in [6.45, 7) is 15.3. The molecule has 0 radical (unpaired) electrons. The van der Waals surface area contributed by atoms with Crippen LogP contribution in [0.3, 0.4) is 0 Å². The Labute approximate surface area is 138 Å². The Balaban J connectivity index is 3.18. The third kappa shape index (κ3) is 4.56. The lowest BCUT2D eigenvalue weighted by molar-refractivity contribution is -0.141. The normalized spacial score (nSPS) is 15.1. The maximum Gasteiger partial charge on any atom is 0.308 e. The molecule has 1 rings (SSSR count). The van der Waals surface area contributed by atoms with E-state index in [1.807, 2.05) is 41.5 Å². The summed E-state index contributed by atoms with van der Waals surface area (Å²) in [7, 11) is 0. The van der Waals surface area contributed by atoms with E-state index in [-0.39, 0.29) is 16.9 Å². The van der Waals surface area contributed by atoms with Crippen LogP contribution < -0.4 is 5.32 Å². The fraction of sp³-hybridized carbons (Fsp3) is 0.706. The van der Waals surface area contributed by atoms with E-state index in [0.29, 0.717) is 11.3 Å². The number of hydrogen-bond acceptors (Lipinski definition) is 3. The van der Waals surface area contributed by atoms with Gasteiger partial charge in [-0.2, -0.15) is 5.10 Å². The SMILES string of the molecule is CC(NC(=O)c1cn(C(C)(C)C)nc1C(C)(C)C)C(C)C(=O)O. The molecule has 0 saturated heterocycles. The summed E-state index contributed by atoms with van der Waals surface area (Å²) in [6.07, 6.45) is 1.74. The first kappa shape index (κ1) is 19.2. The molecule has 23 heavy (non-hydrogen) atoms. The van der Waals surface area contributed by atoms with Crippen molar-refractivity contribution in [1.82, 2.24) is 15.1 Å². The number of nitrogens with one attached hydrogen (secondary N) is 1. The zero-order chi connectivity index (χ0) is 18.2. The van der Waals surface area contributed by atoms with E-state index >= 15 is 0 Å². The van der Waals surface area contributed by atoms with Gasteiger partial charge in [0.1, 0.15) is 0 Å². The maximum atomic E-state index is 12.6. The molecule has 0 saturated carbocycles. The van der Waals surface area contributed by atoms with Crippen molar-refractivity contribution in [3.8, 4) is 0 Å². The largest absolute Gasteiger partial charge is 0.481 e. The zero-order valence-electron chi connectivity index (χ0n) is 15.4. The number of amides is 1. The van der Waals surface area contributed by atoms with Crippen molar-refractivity contribution < 1.29 is 14.7 Å². The molecule has 2 unspecified atom stereocenters. The number of nitrogens with zero attached hydrogens (tertiary/aromatic N) is 2. The maximum absolute atomic E-state index is 12.6. The second-order valence-electron chi connectivity index (χ2n) is 8.15. The van der Waals surface area contributed by atoms with Crippen molar-refractivity contribution in [1.29, 1.82) is 0 Å². The van der Waals surface area contributed by atoms with Gasteiger partial charge >= 0.3 is 5.97 Å².